The molecule has 0 atom stereocenters. The van der Waals surface area contributed by atoms with E-state index in [-0.39, 0.29) is 0 Å². The van der Waals surface area contributed by atoms with Crippen LogP contribution in [0.15, 0.2) is 33.8 Å². The molecule has 2 heterocycles. The van der Waals surface area contributed by atoms with Gasteiger partial charge in [0.25, 0.3) is 5.89 Å². The van der Waals surface area contributed by atoms with Crippen LogP contribution in [0.2, 0.25) is 0 Å². The van der Waals surface area contributed by atoms with Gasteiger partial charge in [0.2, 0.25) is 4.73 Å². The summed E-state index contributed by atoms with van der Waals surface area (Å²) in [6, 6.07) is 3.67. The van der Waals surface area contributed by atoms with Gasteiger partial charge in [0.1, 0.15) is 0 Å². The molecule has 0 saturated heterocycles. The van der Waals surface area contributed by atoms with Crippen molar-refractivity contribution in [2.45, 2.75) is 0 Å². The van der Waals surface area contributed by atoms with Gasteiger partial charge >= 0.3 is 0 Å². The van der Waals surface area contributed by atoms with Crippen molar-refractivity contribution < 1.29 is 4.52 Å². The minimum Gasteiger partial charge on any atom is -0.333 e. The van der Waals surface area contributed by atoms with E-state index in [0.717, 1.165) is 5.56 Å². The Kier molecular flexibility index (Phi) is 1.87. The van der Waals surface area contributed by atoms with Gasteiger partial charge in [0.05, 0.1) is 5.56 Å². The lowest BCUT2D eigenvalue weighted by atomic mass is 10.3. The molecule has 0 radical (unpaired) electrons. The lowest BCUT2D eigenvalue weighted by molar-refractivity contribution is 0.426. The normalized spacial score (nSPS) is 10.1. The summed E-state index contributed by atoms with van der Waals surface area (Å²) in [5.74, 6) is 0.468. The zero-order valence-electron chi connectivity index (χ0n) is 5.94. The highest BCUT2D eigenvalue weighted by molar-refractivity contribution is 9.10. The Balaban J connectivity index is 2.45. The van der Waals surface area contributed by atoms with Crippen LogP contribution < -0.4 is 0 Å². The van der Waals surface area contributed by atoms with Gasteiger partial charge in [-0.3, -0.25) is 4.98 Å². The van der Waals surface area contributed by atoms with Crippen molar-refractivity contribution in [1.29, 1.82) is 0 Å². The third-order valence-electron chi connectivity index (χ3n) is 1.31. The minimum absolute atomic E-state index is 0.446. The van der Waals surface area contributed by atoms with E-state index in [1.54, 1.807) is 12.4 Å². The summed E-state index contributed by atoms with van der Waals surface area (Å²) in [5, 5.41) is 3.60. The highest BCUT2D eigenvalue weighted by Gasteiger charge is 2.05. The molecule has 0 aromatic carbocycles. The lowest BCUT2D eigenvalue weighted by Crippen LogP contribution is -1.77. The van der Waals surface area contributed by atoms with Crippen molar-refractivity contribution in [2.24, 2.45) is 0 Å². The van der Waals surface area contributed by atoms with E-state index in [1.807, 2.05) is 12.1 Å². The first kappa shape index (κ1) is 7.42. The molecule has 0 bridgehead atoms. The van der Waals surface area contributed by atoms with Gasteiger partial charge in [0, 0.05) is 12.4 Å². The zero-order valence-corrected chi connectivity index (χ0v) is 7.52. The standard InChI is InChI=1S/C7H4BrN3O/c8-7-10-6(12-11-7)5-2-1-3-9-4-5/h1-4H. The maximum absolute atomic E-state index is 4.90. The van der Waals surface area contributed by atoms with Crippen LogP contribution >= 0.6 is 15.9 Å². The first-order valence-corrected chi connectivity index (χ1v) is 4.05. The molecular formula is C7H4BrN3O. The second-order valence-corrected chi connectivity index (χ2v) is 2.82. The van der Waals surface area contributed by atoms with Crippen molar-refractivity contribution in [3.05, 3.63) is 29.3 Å². The largest absolute Gasteiger partial charge is 0.333 e. The fraction of sp³-hybridized carbons (Fsp3) is 0. The van der Waals surface area contributed by atoms with Gasteiger partial charge < -0.3 is 4.52 Å². The Morgan fingerprint density at radius 1 is 1.42 bits per heavy atom. The summed E-state index contributed by atoms with van der Waals surface area (Å²) >= 11 is 3.09. The summed E-state index contributed by atoms with van der Waals surface area (Å²) in [5.41, 5.74) is 0.815. The van der Waals surface area contributed by atoms with E-state index in [0.29, 0.717) is 10.6 Å². The molecule has 5 heteroatoms. The number of pyridine rings is 1. The highest BCUT2D eigenvalue weighted by atomic mass is 79.9. The molecule has 12 heavy (non-hydrogen) atoms. The molecule has 2 aromatic rings. The molecular weight excluding hydrogens is 222 g/mol. The van der Waals surface area contributed by atoms with E-state index in [2.05, 4.69) is 31.1 Å². The Hall–Kier alpha value is -1.23. The number of nitrogens with zero attached hydrogens (tertiary/aromatic N) is 3. The first-order valence-electron chi connectivity index (χ1n) is 3.26. The lowest BCUT2D eigenvalue weighted by Gasteiger charge is -1.88. The monoisotopic (exact) mass is 225 g/mol. The average molecular weight is 226 g/mol. The van der Waals surface area contributed by atoms with Crippen molar-refractivity contribution in [1.82, 2.24) is 15.1 Å². The average Bonchev–Trinajstić information content (AvgIpc) is 2.54. The summed E-state index contributed by atoms with van der Waals surface area (Å²) in [4.78, 5) is 7.91. The van der Waals surface area contributed by atoms with E-state index in [4.69, 9.17) is 4.52 Å². The molecule has 0 aliphatic heterocycles. The van der Waals surface area contributed by atoms with E-state index in [9.17, 15) is 0 Å². The summed E-state index contributed by atoms with van der Waals surface area (Å²) < 4.78 is 5.35. The number of hydrogen-bond donors (Lipinski definition) is 0. The molecule has 4 nitrogen and oxygen atoms in total. The second-order valence-electron chi connectivity index (χ2n) is 2.11. The number of rotatable bonds is 1. The van der Waals surface area contributed by atoms with Gasteiger partial charge in [-0.1, -0.05) is 0 Å². The molecule has 2 aromatic heterocycles. The third-order valence-corrected chi connectivity index (χ3v) is 1.63. The predicted octanol–water partition coefficient (Wildman–Crippen LogP) is 1.89. The maximum atomic E-state index is 4.90. The molecule has 0 saturated carbocycles. The van der Waals surface area contributed by atoms with E-state index in [1.165, 1.54) is 0 Å². The second kappa shape index (κ2) is 3.02. The summed E-state index contributed by atoms with van der Waals surface area (Å²) in [6.45, 7) is 0. The van der Waals surface area contributed by atoms with Crippen LogP contribution in [0.25, 0.3) is 11.5 Å². The van der Waals surface area contributed by atoms with Crippen LogP contribution in [0.4, 0.5) is 0 Å². The predicted molar refractivity (Wildman–Crippen MR) is 45.2 cm³/mol. The SMILES string of the molecule is Brc1noc(-c2cccnc2)n1. The molecule has 2 rings (SSSR count). The van der Waals surface area contributed by atoms with E-state index >= 15 is 0 Å². The van der Waals surface area contributed by atoms with Crippen LogP contribution in [0, 0.1) is 0 Å². The van der Waals surface area contributed by atoms with Crippen LogP contribution in [0.1, 0.15) is 0 Å². The Labute approximate surface area is 76.8 Å². The fourth-order valence-corrected chi connectivity index (χ4v) is 1.05. The molecule has 0 aliphatic carbocycles. The molecule has 0 N–H and O–H groups in total. The maximum Gasteiger partial charge on any atom is 0.260 e. The Morgan fingerprint density at radius 3 is 2.92 bits per heavy atom. The first-order chi connectivity index (χ1) is 5.86. The van der Waals surface area contributed by atoms with E-state index < -0.39 is 0 Å². The van der Waals surface area contributed by atoms with Gasteiger partial charge in [-0.2, -0.15) is 4.98 Å². The van der Waals surface area contributed by atoms with Crippen molar-refractivity contribution in [3.8, 4) is 11.5 Å². The molecule has 60 valence electrons. The van der Waals surface area contributed by atoms with Gasteiger partial charge in [-0.05, 0) is 33.2 Å². The third kappa shape index (κ3) is 1.35. The zero-order chi connectivity index (χ0) is 8.39. The number of aromatic nitrogens is 3. The van der Waals surface area contributed by atoms with Crippen LogP contribution in [0.3, 0.4) is 0 Å². The Morgan fingerprint density at radius 2 is 2.33 bits per heavy atom. The number of halogens is 1. The van der Waals surface area contributed by atoms with Crippen LogP contribution in [0.5, 0.6) is 0 Å². The highest BCUT2D eigenvalue weighted by Crippen LogP contribution is 2.16. The Bertz CT molecular complexity index is 373. The smallest absolute Gasteiger partial charge is 0.260 e. The van der Waals surface area contributed by atoms with Crippen molar-refractivity contribution in [2.75, 3.05) is 0 Å². The van der Waals surface area contributed by atoms with Crippen molar-refractivity contribution in [3.63, 3.8) is 0 Å². The molecule has 0 spiro atoms. The van der Waals surface area contributed by atoms with Crippen molar-refractivity contribution >= 4 is 15.9 Å². The van der Waals surface area contributed by atoms with Crippen LogP contribution in [-0.2, 0) is 0 Å². The molecule has 0 aliphatic rings. The van der Waals surface area contributed by atoms with Crippen LogP contribution in [-0.4, -0.2) is 15.1 Å². The summed E-state index contributed by atoms with van der Waals surface area (Å²) in [7, 11) is 0. The quantitative estimate of drug-likeness (QED) is 0.744. The molecule has 0 unspecified atom stereocenters. The molecule has 0 fully saturated rings. The van der Waals surface area contributed by atoms with Gasteiger partial charge in [-0.25, -0.2) is 0 Å². The summed E-state index contributed by atoms with van der Waals surface area (Å²) in [6.07, 6.45) is 3.36. The van der Waals surface area contributed by atoms with Gasteiger partial charge in [0.15, 0.2) is 0 Å². The molecule has 0 amide bonds. The number of hydrogen-bond acceptors (Lipinski definition) is 4. The topological polar surface area (TPSA) is 51.8 Å². The van der Waals surface area contributed by atoms with Gasteiger partial charge in [-0.15, -0.1) is 0 Å². The minimum atomic E-state index is 0.446. The fourth-order valence-electron chi connectivity index (χ4n) is 0.812.